The van der Waals surface area contributed by atoms with Gasteiger partial charge in [0.25, 0.3) is 0 Å². The highest BCUT2D eigenvalue weighted by Crippen LogP contribution is 2.22. The van der Waals surface area contributed by atoms with Gasteiger partial charge in [0, 0.05) is 29.6 Å². The van der Waals surface area contributed by atoms with Crippen molar-refractivity contribution in [1.82, 2.24) is 14.9 Å². The van der Waals surface area contributed by atoms with Crippen molar-refractivity contribution < 1.29 is 9.53 Å². The number of para-hydroxylation sites is 2. The van der Waals surface area contributed by atoms with Gasteiger partial charge in [0.15, 0.2) is 0 Å². The van der Waals surface area contributed by atoms with Crippen molar-refractivity contribution in [1.29, 1.82) is 0 Å². The minimum Gasteiger partial charge on any atom is -0.494 e. The first-order valence-corrected chi connectivity index (χ1v) is 13.1. The Labute approximate surface area is 222 Å². The van der Waals surface area contributed by atoms with E-state index < -0.39 is 0 Å². The molecule has 1 N–H and O–H groups in total. The van der Waals surface area contributed by atoms with Gasteiger partial charge in [-0.25, -0.2) is 4.98 Å². The van der Waals surface area contributed by atoms with Crippen LogP contribution in [0.3, 0.4) is 0 Å². The third-order valence-corrected chi connectivity index (χ3v) is 6.91. The van der Waals surface area contributed by atoms with E-state index in [-0.39, 0.29) is 12.3 Å². The molecule has 0 saturated heterocycles. The second-order valence-corrected chi connectivity index (χ2v) is 9.67. The smallest absolute Gasteiger partial charge is 0.224 e. The molecule has 0 aliphatic carbocycles. The fraction of sp³-hybridized carbons (Fsp3) is 0.310. The molecule has 0 aliphatic heterocycles. The number of nitrogens with one attached hydrogen (secondary N) is 1. The summed E-state index contributed by atoms with van der Waals surface area (Å²) in [4.78, 5) is 17.2. The Morgan fingerprint density at radius 2 is 1.78 bits per heavy atom. The Balaban J connectivity index is 1.26. The molecule has 1 amide bonds. The maximum absolute atomic E-state index is 12.3. The van der Waals surface area contributed by atoms with Gasteiger partial charge in [0.1, 0.15) is 11.6 Å². The Morgan fingerprint density at radius 3 is 2.61 bits per heavy atom. The fourth-order valence-corrected chi connectivity index (χ4v) is 4.51. The number of benzene rings is 3. The van der Waals surface area contributed by atoms with E-state index >= 15 is 0 Å². The first-order valence-electron chi connectivity index (χ1n) is 12.3. The minimum absolute atomic E-state index is 0.0208. The lowest BCUT2D eigenvalue weighted by Crippen LogP contribution is -2.26. The predicted molar refractivity (Wildman–Crippen MR) is 147 cm³/mol. The number of hydrogen-bond donors (Lipinski definition) is 1. The predicted octanol–water partition coefficient (Wildman–Crippen LogP) is 6.80. The number of nitrogens with zero attached hydrogens (tertiary/aromatic N) is 2. The lowest BCUT2D eigenvalue weighted by atomic mass is 10.1. The van der Waals surface area contributed by atoms with Crippen LogP contribution in [0.1, 0.15) is 36.2 Å². The van der Waals surface area contributed by atoms with Crippen molar-refractivity contribution in [3.63, 3.8) is 0 Å². The fourth-order valence-electron chi connectivity index (χ4n) is 4.19. The minimum atomic E-state index is -0.0208. The maximum Gasteiger partial charge on any atom is 0.224 e. The number of halogens is 2. The molecular weight excluding hydrogens is 493 g/mol. The summed E-state index contributed by atoms with van der Waals surface area (Å²) in [6.45, 7) is 4.10. The van der Waals surface area contributed by atoms with Crippen LogP contribution in [0.4, 0.5) is 0 Å². The number of fused-ring (bicyclic) bond motifs is 1. The number of amides is 1. The van der Waals surface area contributed by atoms with Gasteiger partial charge < -0.3 is 14.6 Å². The summed E-state index contributed by atoms with van der Waals surface area (Å²) in [5.74, 6) is 1.88. The molecule has 5 nitrogen and oxygen atoms in total. The SMILES string of the molecule is Cc1cc(OCCCCn2c(CCCNC(=O)Cc3ccccc3Cl)nc3ccccc32)ccc1Cl. The summed E-state index contributed by atoms with van der Waals surface area (Å²) >= 11 is 12.3. The van der Waals surface area contributed by atoms with Crippen LogP contribution in [0.15, 0.2) is 66.7 Å². The van der Waals surface area contributed by atoms with Gasteiger partial charge in [-0.2, -0.15) is 0 Å². The highest BCUT2D eigenvalue weighted by Gasteiger charge is 2.11. The molecule has 0 saturated carbocycles. The van der Waals surface area contributed by atoms with Gasteiger partial charge in [-0.1, -0.05) is 53.5 Å². The lowest BCUT2D eigenvalue weighted by Gasteiger charge is -2.11. The second kappa shape index (κ2) is 12.8. The van der Waals surface area contributed by atoms with Crippen LogP contribution in [0, 0.1) is 6.92 Å². The molecule has 0 aliphatic rings. The Hall–Kier alpha value is -3.02. The normalized spacial score (nSPS) is 11.1. The molecule has 0 atom stereocenters. The van der Waals surface area contributed by atoms with Crippen molar-refractivity contribution in [2.45, 2.75) is 45.6 Å². The molecule has 36 heavy (non-hydrogen) atoms. The van der Waals surface area contributed by atoms with E-state index in [2.05, 4.69) is 16.0 Å². The lowest BCUT2D eigenvalue weighted by molar-refractivity contribution is -0.120. The molecule has 7 heteroatoms. The van der Waals surface area contributed by atoms with Crippen molar-refractivity contribution in [2.75, 3.05) is 13.2 Å². The Kier molecular flexibility index (Phi) is 9.26. The number of imidazole rings is 1. The van der Waals surface area contributed by atoms with Crippen molar-refractivity contribution in [3.8, 4) is 5.75 Å². The molecular formula is C29H31Cl2N3O2. The van der Waals surface area contributed by atoms with Crippen LogP contribution in [0.2, 0.25) is 10.0 Å². The molecule has 0 spiro atoms. The van der Waals surface area contributed by atoms with E-state index in [0.717, 1.165) is 71.0 Å². The van der Waals surface area contributed by atoms with Gasteiger partial charge in [-0.3, -0.25) is 4.79 Å². The molecule has 1 heterocycles. The molecule has 3 aromatic carbocycles. The average Bonchev–Trinajstić information content (AvgIpc) is 3.22. The number of aryl methyl sites for hydroxylation is 3. The van der Waals surface area contributed by atoms with Crippen LogP contribution in [-0.2, 0) is 24.2 Å². The monoisotopic (exact) mass is 523 g/mol. The number of unbranched alkanes of at least 4 members (excludes halogenated alkanes) is 1. The average molecular weight is 524 g/mol. The first-order chi connectivity index (χ1) is 17.5. The molecule has 1 aromatic heterocycles. The van der Waals surface area contributed by atoms with Crippen LogP contribution < -0.4 is 10.1 Å². The van der Waals surface area contributed by atoms with Crippen LogP contribution in [0.25, 0.3) is 11.0 Å². The number of rotatable bonds is 12. The van der Waals surface area contributed by atoms with Gasteiger partial charge in [-0.15, -0.1) is 0 Å². The van der Waals surface area contributed by atoms with Gasteiger partial charge in [-0.05, 0) is 73.7 Å². The van der Waals surface area contributed by atoms with Gasteiger partial charge in [0.2, 0.25) is 5.91 Å². The Morgan fingerprint density at radius 1 is 0.972 bits per heavy atom. The van der Waals surface area contributed by atoms with Crippen molar-refractivity contribution in [3.05, 3.63) is 93.7 Å². The Bertz CT molecular complexity index is 1320. The maximum atomic E-state index is 12.3. The van der Waals surface area contributed by atoms with E-state index in [1.807, 2.05) is 61.5 Å². The molecule has 4 aromatic rings. The summed E-state index contributed by atoms with van der Waals surface area (Å²) in [6, 6.07) is 21.4. The number of carbonyl (C=O) groups excluding carboxylic acids is 1. The zero-order chi connectivity index (χ0) is 25.3. The molecule has 0 radical (unpaired) electrons. The highest BCUT2D eigenvalue weighted by molar-refractivity contribution is 6.31. The third-order valence-electron chi connectivity index (χ3n) is 6.12. The molecule has 0 bridgehead atoms. The van der Waals surface area contributed by atoms with Crippen molar-refractivity contribution >= 4 is 40.1 Å². The zero-order valence-corrected chi connectivity index (χ0v) is 22.0. The van der Waals surface area contributed by atoms with Gasteiger partial charge in [0.05, 0.1) is 24.1 Å². The summed E-state index contributed by atoms with van der Waals surface area (Å²) in [5.41, 5.74) is 4.00. The quantitative estimate of drug-likeness (QED) is 0.207. The van der Waals surface area contributed by atoms with Crippen LogP contribution in [-0.4, -0.2) is 28.6 Å². The largest absolute Gasteiger partial charge is 0.494 e. The highest BCUT2D eigenvalue weighted by atomic mass is 35.5. The van der Waals surface area contributed by atoms with Crippen LogP contribution >= 0.6 is 23.2 Å². The molecule has 188 valence electrons. The van der Waals surface area contributed by atoms with Crippen LogP contribution in [0.5, 0.6) is 5.75 Å². The number of aromatic nitrogens is 2. The third kappa shape index (κ3) is 7.02. The number of hydrogen-bond acceptors (Lipinski definition) is 3. The molecule has 0 fully saturated rings. The van der Waals surface area contributed by atoms with Crippen molar-refractivity contribution in [2.24, 2.45) is 0 Å². The van der Waals surface area contributed by atoms with E-state index in [1.54, 1.807) is 6.07 Å². The number of carbonyl (C=O) groups is 1. The second-order valence-electron chi connectivity index (χ2n) is 8.86. The molecule has 0 unspecified atom stereocenters. The summed E-state index contributed by atoms with van der Waals surface area (Å²) in [7, 11) is 0. The zero-order valence-electron chi connectivity index (χ0n) is 20.5. The standard InChI is InChI=1S/C29H31Cl2N3O2/c1-21-19-23(14-15-24(21)30)36-18-7-6-17-34-27-12-5-4-11-26(27)33-28(34)13-8-16-32-29(35)20-22-9-2-3-10-25(22)31/h2-5,9-12,14-15,19H,6-8,13,16-18,20H2,1H3,(H,32,35). The number of ether oxygens (including phenoxy) is 1. The summed E-state index contributed by atoms with van der Waals surface area (Å²) < 4.78 is 8.20. The topological polar surface area (TPSA) is 56.1 Å². The van der Waals surface area contributed by atoms with Gasteiger partial charge >= 0.3 is 0 Å². The molecule has 4 rings (SSSR count). The van der Waals surface area contributed by atoms with E-state index in [1.165, 1.54) is 0 Å². The summed E-state index contributed by atoms with van der Waals surface area (Å²) in [6.07, 6.45) is 3.81. The van der Waals surface area contributed by atoms with E-state index in [0.29, 0.717) is 18.2 Å². The van der Waals surface area contributed by atoms with E-state index in [4.69, 9.17) is 32.9 Å². The first kappa shape index (κ1) is 26.1. The van der Waals surface area contributed by atoms with E-state index in [9.17, 15) is 4.79 Å². The summed E-state index contributed by atoms with van der Waals surface area (Å²) in [5, 5.41) is 4.38.